The predicted octanol–water partition coefficient (Wildman–Crippen LogP) is 32.1. The third-order valence-corrected chi connectivity index (χ3v) is 22.4. The average Bonchev–Trinajstić information content (AvgIpc) is 0.800. The maximum Gasteiger partial charge on any atom is 0.0462 e. The molecule has 116 heavy (non-hydrogen) atoms. The zero-order valence-corrected chi connectivity index (χ0v) is 64.1. The van der Waals surface area contributed by atoms with Gasteiger partial charge in [-0.2, -0.15) is 0 Å². The molecule has 0 radical (unpaired) electrons. The summed E-state index contributed by atoms with van der Waals surface area (Å²) < 4.78 is 0. The molecule has 0 aromatic heterocycles. The number of nitrogens with zero attached hydrogens (tertiary/aromatic N) is 2. The van der Waals surface area contributed by atoms with Crippen molar-refractivity contribution in [2.24, 2.45) is 0 Å². The molecule has 0 bridgehead atoms. The van der Waals surface area contributed by atoms with Crippen LogP contribution in [0.5, 0.6) is 0 Å². The lowest BCUT2D eigenvalue weighted by Crippen LogP contribution is -2.09. The van der Waals surface area contributed by atoms with E-state index in [2.05, 4.69) is 495 Å². The molecular weight excluding hydrogens is 1400 g/mol. The molecule has 0 atom stereocenters. The third-order valence-electron chi connectivity index (χ3n) is 22.4. The minimum Gasteiger partial charge on any atom is -0.311 e. The number of anilines is 6. The Morgan fingerprint density at radius 3 is 0.603 bits per heavy atom. The van der Waals surface area contributed by atoms with Crippen LogP contribution in [0.2, 0.25) is 0 Å². The monoisotopic (exact) mass is 1480 g/mol. The van der Waals surface area contributed by atoms with Crippen LogP contribution < -0.4 is 9.80 Å². The van der Waals surface area contributed by atoms with Gasteiger partial charge in [0.05, 0.1) is 0 Å². The first-order valence-corrected chi connectivity index (χ1v) is 39.8. The van der Waals surface area contributed by atoms with Crippen molar-refractivity contribution in [3.8, 4) is 122 Å². The van der Waals surface area contributed by atoms with E-state index < -0.39 is 0 Å². The van der Waals surface area contributed by atoms with E-state index in [1.165, 1.54) is 155 Å². The summed E-state index contributed by atoms with van der Waals surface area (Å²) in [7, 11) is 0. The molecule has 0 aliphatic carbocycles. The summed E-state index contributed by atoms with van der Waals surface area (Å²) in [4.78, 5) is 4.70. The molecule has 0 aliphatic rings. The van der Waals surface area contributed by atoms with Gasteiger partial charge in [-0.15, -0.1) is 0 Å². The highest BCUT2D eigenvalue weighted by atomic mass is 15.1. The second-order valence-corrected chi connectivity index (χ2v) is 29.6. The standard InChI is InChI=1S/C58H41N.C56H39N/c1-3-11-42(12-4-1)51-17-9-19-53(39-51)48-29-35-57(36-30-48)59(58-37-31-49(32-38-58)54-20-10-18-52(40-54)43-13-5-2-6-14-43)56-33-27-46(28-34-56)45-21-23-47(24-22-45)55-26-25-44-15-7-8-16-50(44)41-55;1-2-11-40(12-3-1)48-17-8-18-49(39-48)43-29-35-51(36-30-43)57(52-37-31-47(32-38-52)56-22-10-16-45-14-5-7-20-54(45)56)50-33-27-42(28-34-50)41-23-25-46(26-24-41)55-21-9-15-44-13-4-6-19-53(44)55/h1-41H;1-39H. The van der Waals surface area contributed by atoms with Crippen molar-refractivity contribution in [1.82, 2.24) is 0 Å². The van der Waals surface area contributed by atoms with E-state index in [0.717, 1.165) is 34.1 Å². The number of rotatable bonds is 17. The molecule has 0 saturated carbocycles. The molecule has 0 unspecified atom stereocenters. The zero-order chi connectivity index (χ0) is 77.4. The average molecular weight is 1480 g/mol. The highest BCUT2D eigenvalue weighted by molar-refractivity contribution is 5.99. The van der Waals surface area contributed by atoms with E-state index in [1.54, 1.807) is 0 Å². The lowest BCUT2D eigenvalue weighted by Gasteiger charge is -2.26. The molecular formula is C114H80N2. The minimum atomic E-state index is 1.10. The fourth-order valence-electron chi connectivity index (χ4n) is 16.2. The van der Waals surface area contributed by atoms with E-state index in [0.29, 0.717) is 0 Å². The van der Waals surface area contributed by atoms with Crippen molar-refractivity contribution in [2.75, 3.05) is 9.80 Å². The zero-order valence-electron chi connectivity index (χ0n) is 64.1. The molecule has 0 fully saturated rings. The van der Waals surface area contributed by atoms with E-state index in [9.17, 15) is 0 Å². The van der Waals surface area contributed by atoms with Crippen LogP contribution in [0, 0.1) is 0 Å². The van der Waals surface area contributed by atoms with Crippen LogP contribution in [0.3, 0.4) is 0 Å². The number of fused-ring (bicyclic) bond motifs is 3. The summed E-state index contributed by atoms with van der Waals surface area (Å²) in [5.74, 6) is 0. The molecule has 0 aliphatic heterocycles. The van der Waals surface area contributed by atoms with Crippen LogP contribution in [0.25, 0.3) is 155 Å². The van der Waals surface area contributed by atoms with Gasteiger partial charge in [0.2, 0.25) is 0 Å². The number of hydrogen-bond acceptors (Lipinski definition) is 2. The van der Waals surface area contributed by atoms with Gasteiger partial charge >= 0.3 is 0 Å². The molecule has 2 nitrogen and oxygen atoms in total. The molecule has 0 heterocycles. The van der Waals surface area contributed by atoms with Gasteiger partial charge in [0, 0.05) is 34.1 Å². The van der Waals surface area contributed by atoms with Crippen molar-refractivity contribution in [3.63, 3.8) is 0 Å². The Morgan fingerprint density at radius 1 is 0.103 bits per heavy atom. The first-order chi connectivity index (χ1) is 57.5. The van der Waals surface area contributed by atoms with Crippen molar-refractivity contribution in [1.29, 1.82) is 0 Å². The molecule has 2 heteroatoms. The SMILES string of the molecule is c1ccc(-c2cccc(-c3ccc(N(c4ccc(-c5ccc(-c6ccc7ccccc7c6)cc5)cc4)c4ccc(-c5cccc(-c6ccccc6)c5)cc4)cc3)c2)cc1.c1ccc(-c2cccc(-c3ccc(N(c4ccc(-c5ccc(-c6cccc7ccccc67)cc5)cc4)c4ccc(-c5cccc6ccccc56)cc4)cc3)c2)cc1. The van der Waals surface area contributed by atoms with Crippen molar-refractivity contribution >= 4 is 66.4 Å². The topological polar surface area (TPSA) is 6.48 Å². The molecule has 0 saturated heterocycles. The van der Waals surface area contributed by atoms with Crippen LogP contribution in [-0.4, -0.2) is 0 Å². The summed E-state index contributed by atoms with van der Waals surface area (Å²) in [6.07, 6.45) is 0. The van der Waals surface area contributed by atoms with Gasteiger partial charge in [0.15, 0.2) is 0 Å². The van der Waals surface area contributed by atoms with Crippen LogP contribution in [0.15, 0.2) is 485 Å². The van der Waals surface area contributed by atoms with Gasteiger partial charge < -0.3 is 9.80 Å². The summed E-state index contributed by atoms with van der Waals surface area (Å²) in [6.45, 7) is 0. The molecule has 0 spiro atoms. The Labute approximate surface area is 679 Å². The normalized spacial score (nSPS) is 11.1. The highest BCUT2D eigenvalue weighted by Gasteiger charge is 2.19. The maximum atomic E-state index is 2.35. The van der Waals surface area contributed by atoms with E-state index in [-0.39, 0.29) is 0 Å². The molecule has 0 N–H and O–H groups in total. The van der Waals surface area contributed by atoms with Gasteiger partial charge in [0.25, 0.3) is 0 Å². The molecule has 546 valence electrons. The second kappa shape index (κ2) is 32.6. The summed E-state index contributed by atoms with van der Waals surface area (Å²) in [5.41, 5.74) is 33.2. The quantitative estimate of drug-likeness (QED) is 0.0896. The van der Waals surface area contributed by atoms with Crippen LogP contribution >= 0.6 is 0 Å². The van der Waals surface area contributed by atoms with Crippen LogP contribution in [-0.2, 0) is 0 Å². The van der Waals surface area contributed by atoms with Gasteiger partial charge in [0.1, 0.15) is 0 Å². The van der Waals surface area contributed by atoms with Crippen molar-refractivity contribution < 1.29 is 0 Å². The van der Waals surface area contributed by atoms with Crippen molar-refractivity contribution in [3.05, 3.63) is 485 Å². The third kappa shape index (κ3) is 15.3. The van der Waals surface area contributed by atoms with Gasteiger partial charge in [-0.05, 0) is 252 Å². The van der Waals surface area contributed by atoms with Gasteiger partial charge in [-0.1, -0.05) is 388 Å². The first-order valence-electron chi connectivity index (χ1n) is 39.8. The van der Waals surface area contributed by atoms with Crippen LogP contribution in [0.1, 0.15) is 0 Å². The summed E-state index contributed by atoms with van der Waals surface area (Å²) >= 11 is 0. The number of hydrogen-bond donors (Lipinski definition) is 0. The Morgan fingerprint density at radius 2 is 0.293 bits per heavy atom. The van der Waals surface area contributed by atoms with Crippen LogP contribution in [0.4, 0.5) is 34.1 Å². The lowest BCUT2D eigenvalue weighted by molar-refractivity contribution is 1.28. The van der Waals surface area contributed by atoms with Gasteiger partial charge in [-0.25, -0.2) is 0 Å². The highest BCUT2D eigenvalue weighted by Crippen LogP contribution is 2.43. The lowest BCUT2D eigenvalue weighted by atomic mass is 9.96. The molecule has 20 rings (SSSR count). The summed E-state index contributed by atoms with van der Waals surface area (Å²) in [6, 6.07) is 175. The Hall–Kier alpha value is -15.2. The van der Waals surface area contributed by atoms with E-state index in [1.807, 2.05) is 0 Å². The fraction of sp³-hybridized carbons (Fsp3) is 0. The summed E-state index contributed by atoms with van der Waals surface area (Å²) in [5, 5.41) is 7.56. The molecule has 20 aromatic rings. The maximum absolute atomic E-state index is 2.35. The van der Waals surface area contributed by atoms with Gasteiger partial charge in [-0.3, -0.25) is 0 Å². The first kappa shape index (κ1) is 71.1. The smallest absolute Gasteiger partial charge is 0.0462 e. The number of benzene rings is 20. The molecule has 0 amide bonds. The van der Waals surface area contributed by atoms with E-state index in [4.69, 9.17) is 0 Å². The minimum absolute atomic E-state index is 1.10. The predicted molar refractivity (Wildman–Crippen MR) is 495 cm³/mol. The van der Waals surface area contributed by atoms with E-state index >= 15 is 0 Å². The molecule has 20 aromatic carbocycles. The second-order valence-electron chi connectivity index (χ2n) is 29.6. The Balaban J connectivity index is 0.000000155. The largest absolute Gasteiger partial charge is 0.311 e. The Kier molecular flexibility index (Phi) is 20.0. The fourth-order valence-corrected chi connectivity index (χ4v) is 16.2. The van der Waals surface area contributed by atoms with Crippen molar-refractivity contribution in [2.45, 2.75) is 0 Å². The Bertz CT molecular complexity index is 6640.